The van der Waals surface area contributed by atoms with Crippen LogP contribution in [0.3, 0.4) is 0 Å². The Balaban J connectivity index is 1.69. The summed E-state index contributed by atoms with van der Waals surface area (Å²) in [6.07, 6.45) is 6.32. The molecule has 0 aliphatic heterocycles. The van der Waals surface area contributed by atoms with E-state index in [0.29, 0.717) is 23.6 Å². The van der Waals surface area contributed by atoms with Gasteiger partial charge in [0.1, 0.15) is 5.82 Å². The molecule has 0 atom stereocenters. The minimum Gasteiger partial charge on any atom is -0.384 e. The van der Waals surface area contributed by atoms with E-state index >= 15 is 0 Å². The van der Waals surface area contributed by atoms with Crippen molar-refractivity contribution in [2.75, 3.05) is 17.6 Å². The van der Waals surface area contributed by atoms with Gasteiger partial charge in [0.15, 0.2) is 0 Å². The number of hydrogen-bond donors (Lipinski definition) is 3. The minimum atomic E-state index is 0.335. The monoisotopic (exact) mass is 410 g/mol. The Labute approximate surface area is 182 Å². The van der Waals surface area contributed by atoms with Gasteiger partial charge >= 0.3 is 0 Å². The van der Waals surface area contributed by atoms with Crippen LogP contribution in [0.1, 0.15) is 29.2 Å². The number of anilines is 2. The van der Waals surface area contributed by atoms with Gasteiger partial charge in [0.25, 0.3) is 0 Å². The third-order valence-electron chi connectivity index (χ3n) is 5.22. The molecule has 4 N–H and O–H groups in total. The maximum Gasteiger partial charge on any atom is 0.134 e. The molecule has 0 saturated heterocycles. The van der Waals surface area contributed by atoms with Gasteiger partial charge in [-0.1, -0.05) is 54.6 Å². The molecule has 0 amide bonds. The number of nitrogens with two attached hydrogens (primary N) is 1. The zero-order valence-electron chi connectivity index (χ0n) is 17.8. The Morgan fingerprint density at radius 2 is 1.74 bits per heavy atom. The van der Waals surface area contributed by atoms with Gasteiger partial charge in [0.05, 0.1) is 23.2 Å². The minimum absolute atomic E-state index is 0.335. The molecule has 0 aliphatic carbocycles. The average Bonchev–Trinajstić information content (AvgIpc) is 3.21. The number of hydrogen-bond acceptors (Lipinski definition) is 5. The van der Waals surface area contributed by atoms with Crippen molar-refractivity contribution in [1.82, 2.24) is 14.8 Å². The number of nitrogens with one attached hydrogen (secondary N) is 2. The van der Waals surface area contributed by atoms with Crippen LogP contribution in [0.2, 0.25) is 0 Å². The fraction of sp³-hybridized carbons (Fsp3) is 0.160. The molecule has 4 aromatic rings. The normalized spacial score (nSPS) is 10.8. The summed E-state index contributed by atoms with van der Waals surface area (Å²) in [7, 11) is 1.88. The summed E-state index contributed by atoms with van der Waals surface area (Å²) in [5, 5.41) is 16.6. The molecule has 31 heavy (non-hydrogen) atoms. The number of aromatic nitrogens is 3. The zero-order valence-corrected chi connectivity index (χ0v) is 17.8. The highest BCUT2D eigenvalue weighted by molar-refractivity contribution is 6.18. The number of aryl methyl sites for hydroxylation is 1. The maximum absolute atomic E-state index is 8.91. The second-order valence-corrected chi connectivity index (χ2v) is 7.47. The lowest BCUT2D eigenvalue weighted by Crippen LogP contribution is -2.13. The molecule has 2 heterocycles. The van der Waals surface area contributed by atoms with Gasteiger partial charge < -0.3 is 11.1 Å². The quantitative estimate of drug-likeness (QED) is 0.391. The molecule has 6 nitrogen and oxygen atoms in total. The van der Waals surface area contributed by atoms with Crippen molar-refractivity contribution in [1.29, 1.82) is 5.41 Å². The molecular weight excluding hydrogens is 384 g/mol. The van der Waals surface area contributed by atoms with Crippen LogP contribution in [-0.4, -0.2) is 27.0 Å². The van der Waals surface area contributed by atoms with Crippen LogP contribution in [-0.2, 0) is 13.5 Å². The number of pyridine rings is 1. The molecule has 0 aliphatic rings. The first-order chi connectivity index (χ1) is 15.1. The summed E-state index contributed by atoms with van der Waals surface area (Å²) in [6.45, 7) is 2.72. The molecule has 0 spiro atoms. The highest BCUT2D eigenvalue weighted by Crippen LogP contribution is 2.34. The van der Waals surface area contributed by atoms with Crippen LogP contribution in [0.15, 0.2) is 73.2 Å². The largest absolute Gasteiger partial charge is 0.384 e. The summed E-state index contributed by atoms with van der Waals surface area (Å²) >= 11 is 0. The van der Waals surface area contributed by atoms with E-state index in [1.807, 2.05) is 50.5 Å². The van der Waals surface area contributed by atoms with Crippen LogP contribution in [0.25, 0.3) is 11.1 Å². The molecule has 0 fully saturated rings. The Bertz CT molecular complexity index is 1190. The van der Waals surface area contributed by atoms with E-state index < -0.39 is 0 Å². The van der Waals surface area contributed by atoms with E-state index in [9.17, 15) is 0 Å². The molecule has 0 saturated carbocycles. The van der Waals surface area contributed by atoms with Crippen molar-refractivity contribution in [2.45, 2.75) is 13.3 Å². The first-order valence-corrected chi connectivity index (χ1v) is 10.3. The Kier molecular flexibility index (Phi) is 5.80. The summed E-state index contributed by atoms with van der Waals surface area (Å²) in [6, 6.07) is 18.5. The second kappa shape index (κ2) is 8.83. The lowest BCUT2D eigenvalue weighted by Gasteiger charge is -2.17. The van der Waals surface area contributed by atoms with Crippen LogP contribution in [0.4, 0.5) is 11.5 Å². The highest BCUT2D eigenvalue weighted by atomic mass is 15.2. The third kappa shape index (κ3) is 4.33. The molecule has 2 aromatic carbocycles. The second-order valence-electron chi connectivity index (χ2n) is 7.47. The predicted molar refractivity (Wildman–Crippen MR) is 127 cm³/mol. The Hall–Kier alpha value is -3.93. The summed E-state index contributed by atoms with van der Waals surface area (Å²) < 4.78 is 1.75. The van der Waals surface area contributed by atoms with Gasteiger partial charge in [-0.15, -0.1) is 0 Å². The van der Waals surface area contributed by atoms with Crippen LogP contribution in [0.5, 0.6) is 0 Å². The number of benzene rings is 2. The lowest BCUT2D eigenvalue weighted by molar-refractivity contribution is 0.768. The van der Waals surface area contributed by atoms with E-state index in [1.165, 1.54) is 11.1 Å². The molecule has 6 heteroatoms. The standard InChI is InChI=1S/C25H26N6/c1-3-28-24-21(20-14-30-31(2)16-20)15-29-25(27)22(24)23(26)19-11-9-18(10-12-19)13-17-7-5-4-6-8-17/h4-12,14-16,26H,3,13H2,1-2H3,(H3,27,28,29). The van der Waals surface area contributed by atoms with E-state index in [1.54, 1.807) is 17.1 Å². The fourth-order valence-electron chi connectivity index (χ4n) is 3.68. The Morgan fingerprint density at radius 1 is 1.03 bits per heavy atom. The molecular formula is C25H26N6. The summed E-state index contributed by atoms with van der Waals surface area (Å²) in [5.41, 5.74) is 13.1. The first-order valence-electron chi connectivity index (χ1n) is 10.3. The maximum atomic E-state index is 8.91. The van der Waals surface area contributed by atoms with E-state index in [4.69, 9.17) is 11.1 Å². The lowest BCUT2D eigenvalue weighted by atomic mass is 9.96. The number of nitrogens with zero attached hydrogens (tertiary/aromatic N) is 3. The van der Waals surface area contributed by atoms with Crippen molar-refractivity contribution >= 4 is 17.2 Å². The molecule has 0 unspecified atom stereocenters. The van der Waals surface area contributed by atoms with Crippen LogP contribution >= 0.6 is 0 Å². The van der Waals surface area contributed by atoms with E-state index in [2.05, 4.69) is 39.7 Å². The zero-order chi connectivity index (χ0) is 21.8. The van der Waals surface area contributed by atoms with Crippen molar-refractivity contribution in [2.24, 2.45) is 7.05 Å². The van der Waals surface area contributed by atoms with Gasteiger partial charge in [-0.2, -0.15) is 5.10 Å². The van der Waals surface area contributed by atoms with Crippen molar-refractivity contribution in [3.05, 3.63) is 95.4 Å². The molecule has 2 aromatic heterocycles. The van der Waals surface area contributed by atoms with Gasteiger partial charge in [0, 0.05) is 42.7 Å². The fourth-order valence-corrected chi connectivity index (χ4v) is 3.68. The van der Waals surface area contributed by atoms with Gasteiger partial charge in [-0.3, -0.25) is 10.1 Å². The molecule has 4 rings (SSSR count). The van der Waals surface area contributed by atoms with Gasteiger partial charge in [-0.25, -0.2) is 4.98 Å². The van der Waals surface area contributed by atoms with Gasteiger partial charge in [0.2, 0.25) is 0 Å². The molecule has 0 bridgehead atoms. The topological polar surface area (TPSA) is 92.6 Å². The molecule has 156 valence electrons. The van der Waals surface area contributed by atoms with E-state index in [0.717, 1.165) is 28.8 Å². The number of nitrogen functional groups attached to an aromatic ring is 1. The predicted octanol–water partition coefficient (Wildman–Crippen LogP) is 4.50. The molecule has 0 radical (unpaired) electrons. The van der Waals surface area contributed by atoms with Crippen molar-refractivity contribution in [3.63, 3.8) is 0 Å². The van der Waals surface area contributed by atoms with Crippen LogP contribution < -0.4 is 11.1 Å². The van der Waals surface area contributed by atoms with E-state index in [-0.39, 0.29) is 0 Å². The number of rotatable bonds is 7. The van der Waals surface area contributed by atoms with Crippen molar-refractivity contribution < 1.29 is 0 Å². The highest BCUT2D eigenvalue weighted by Gasteiger charge is 2.20. The summed E-state index contributed by atoms with van der Waals surface area (Å²) in [5.74, 6) is 0.335. The summed E-state index contributed by atoms with van der Waals surface area (Å²) in [4.78, 5) is 4.39. The third-order valence-corrected chi connectivity index (χ3v) is 5.22. The van der Waals surface area contributed by atoms with Gasteiger partial charge in [-0.05, 0) is 24.5 Å². The Morgan fingerprint density at radius 3 is 2.39 bits per heavy atom. The first kappa shape index (κ1) is 20.3. The SMILES string of the molecule is CCNc1c(-c2cnn(C)c2)cnc(N)c1C(=N)c1ccc(Cc2ccccc2)cc1. The average molecular weight is 411 g/mol. The van der Waals surface area contributed by atoms with Crippen LogP contribution in [0, 0.1) is 5.41 Å². The smallest absolute Gasteiger partial charge is 0.134 e. The van der Waals surface area contributed by atoms with Crippen molar-refractivity contribution in [3.8, 4) is 11.1 Å².